The van der Waals surface area contributed by atoms with Crippen LogP contribution in [0.4, 0.5) is 5.82 Å². The molecule has 2 aromatic heterocycles. The highest BCUT2D eigenvalue weighted by Gasteiger charge is 2.16. The zero-order valence-electron chi connectivity index (χ0n) is 11.6. The van der Waals surface area contributed by atoms with E-state index in [-0.39, 0.29) is 5.91 Å². The summed E-state index contributed by atoms with van der Waals surface area (Å²) >= 11 is 0. The quantitative estimate of drug-likeness (QED) is 0.894. The van der Waals surface area contributed by atoms with Crippen molar-refractivity contribution < 1.29 is 4.79 Å². The Bertz CT molecular complexity index is 556. The first-order valence-electron chi connectivity index (χ1n) is 6.45. The van der Waals surface area contributed by atoms with Crippen LogP contribution >= 0.6 is 0 Å². The minimum Gasteiger partial charge on any atom is -0.372 e. The lowest BCUT2D eigenvalue weighted by molar-refractivity contribution is 0.0743. The summed E-state index contributed by atoms with van der Waals surface area (Å²) in [5.41, 5.74) is 1.18. The molecule has 20 heavy (non-hydrogen) atoms. The summed E-state index contributed by atoms with van der Waals surface area (Å²) in [4.78, 5) is 18.3. The van der Waals surface area contributed by atoms with Gasteiger partial charge in [0.2, 0.25) is 0 Å². The maximum atomic E-state index is 12.4. The average Bonchev–Trinajstić information content (AvgIpc) is 2.53. The Hall–Kier alpha value is -2.50. The molecule has 0 aliphatic heterocycles. The second kappa shape index (κ2) is 6.60. The van der Waals surface area contributed by atoms with Gasteiger partial charge in [-0.25, -0.2) is 0 Å². The van der Waals surface area contributed by atoms with Crippen molar-refractivity contribution >= 4 is 11.7 Å². The van der Waals surface area contributed by atoms with Crippen molar-refractivity contribution in [1.29, 1.82) is 0 Å². The number of nitrogens with one attached hydrogen (secondary N) is 1. The van der Waals surface area contributed by atoms with Gasteiger partial charge in [-0.05, 0) is 31.2 Å². The monoisotopic (exact) mass is 271 g/mol. The fraction of sp³-hybridized carbons (Fsp3) is 0.286. The largest absolute Gasteiger partial charge is 0.372 e. The molecule has 6 nitrogen and oxygen atoms in total. The Balaban J connectivity index is 2.12. The normalized spacial score (nSPS) is 10.1. The molecular weight excluding hydrogens is 254 g/mol. The SMILES string of the molecule is CCN(Cc1ccccn1)C(=O)c1ccc(NC)nn1. The van der Waals surface area contributed by atoms with E-state index in [4.69, 9.17) is 0 Å². The fourth-order valence-electron chi connectivity index (χ4n) is 1.76. The molecule has 2 heterocycles. The van der Waals surface area contributed by atoms with E-state index in [1.165, 1.54) is 0 Å². The van der Waals surface area contributed by atoms with Crippen LogP contribution in [0.15, 0.2) is 36.5 Å². The number of hydrogen-bond donors (Lipinski definition) is 1. The minimum atomic E-state index is -0.145. The molecule has 0 saturated carbocycles. The van der Waals surface area contributed by atoms with E-state index in [1.807, 2.05) is 25.1 Å². The summed E-state index contributed by atoms with van der Waals surface area (Å²) < 4.78 is 0. The first-order valence-corrected chi connectivity index (χ1v) is 6.45. The second-order valence-electron chi connectivity index (χ2n) is 4.19. The van der Waals surface area contributed by atoms with E-state index in [9.17, 15) is 4.79 Å². The second-order valence-corrected chi connectivity index (χ2v) is 4.19. The lowest BCUT2D eigenvalue weighted by Gasteiger charge is -2.19. The molecule has 1 amide bonds. The Morgan fingerprint density at radius 2 is 2.10 bits per heavy atom. The van der Waals surface area contributed by atoms with Gasteiger partial charge >= 0.3 is 0 Å². The van der Waals surface area contributed by atoms with Crippen molar-refractivity contribution in [2.75, 3.05) is 18.9 Å². The topological polar surface area (TPSA) is 71.0 Å². The number of carbonyl (C=O) groups excluding carboxylic acids is 1. The van der Waals surface area contributed by atoms with E-state index >= 15 is 0 Å². The summed E-state index contributed by atoms with van der Waals surface area (Å²) in [5, 5.41) is 10.7. The number of rotatable bonds is 5. The zero-order chi connectivity index (χ0) is 14.4. The van der Waals surface area contributed by atoms with Gasteiger partial charge in [-0.15, -0.1) is 10.2 Å². The summed E-state index contributed by atoms with van der Waals surface area (Å²) in [5.74, 6) is 0.489. The van der Waals surface area contributed by atoms with E-state index in [0.29, 0.717) is 24.6 Å². The number of anilines is 1. The molecule has 0 fully saturated rings. The molecule has 1 N–H and O–H groups in total. The van der Waals surface area contributed by atoms with Crippen LogP contribution < -0.4 is 5.32 Å². The van der Waals surface area contributed by atoms with Gasteiger partial charge in [-0.3, -0.25) is 9.78 Å². The van der Waals surface area contributed by atoms with Crippen LogP contribution in [0.5, 0.6) is 0 Å². The van der Waals surface area contributed by atoms with E-state index < -0.39 is 0 Å². The lowest BCUT2D eigenvalue weighted by Crippen LogP contribution is -2.31. The van der Waals surface area contributed by atoms with Gasteiger partial charge in [-0.1, -0.05) is 6.07 Å². The maximum Gasteiger partial charge on any atom is 0.274 e. The first-order chi connectivity index (χ1) is 9.74. The standard InChI is InChI=1S/C14H17N5O/c1-3-19(10-11-6-4-5-9-16-11)14(20)12-7-8-13(15-2)18-17-12/h4-9H,3,10H2,1-2H3,(H,15,18). The maximum absolute atomic E-state index is 12.4. The molecule has 104 valence electrons. The van der Waals surface area contributed by atoms with Crippen LogP contribution in [0.1, 0.15) is 23.1 Å². The molecule has 0 spiro atoms. The molecule has 0 saturated heterocycles. The number of pyridine rings is 1. The third-order valence-corrected chi connectivity index (χ3v) is 2.89. The van der Waals surface area contributed by atoms with Crippen LogP contribution in [0.2, 0.25) is 0 Å². The third-order valence-electron chi connectivity index (χ3n) is 2.89. The Morgan fingerprint density at radius 3 is 2.65 bits per heavy atom. The van der Waals surface area contributed by atoms with Crippen molar-refractivity contribution in [3.63, 3.8) is 0 Å². The fourth-order valence-corrected chi connectivity index (χ4v) is 1.76. The van der Waals surface area contributed by atoms with Gasteiger partial charge < -0.3 is 10.2 Å². The van der Waals surface area contributed by atoms with Crippen molar-refractivity contribution in [2.45, 2.75) is 13.5 Å². The number of aromatic nitrogens is 3. The summed E-state index contributed by atoms with van der Waals surface area (Å²) in [6.07, 6.45) is 1.72. The summed E-state index contributed by atoms with van der Waals surface area (Å²) in [7, 11) is 1.75. The molecule has 0 bridgehead atoms. The predicted octanol–water partition coefficient (Wildman–Crippen LogP) is 1.58. The number of amides is 1. The molecule has 6 heteroatoms. The van der Waals surface area contributed by atoms with Crippen LogP contribution in [-0.2, 0) is 6.54 Å². The molecule has 2 aromatic rings. The predicted molar refractivity (Wildman–Crippen MR) is 76.2 cm³/mol. The Labute approximate surface area is 117 Å². The highest BCUT2D eigenvalue weighted by atomic mass is 16.2. The molecule has 0 aliphatic carbocycles. The molecule has 0 aromatic carbocycles. The van der Waals surface area contributed by atoms with Crippen molar-refractivity contribution in [1.82, 2.24) is 20.1 Å². The van der Waals surface area contributed by atoms with E-state index in [2.05, 4.69) is 20.5 Å². The molecule has 0 atom stereocenters. The first kappa shape index (κ1) is 13.9. The number of carbonyl (C=O) groups is 1. The average molecular weight is 271 g/mol. The third kappa shape index (κ3) is 3.28. The van der Waals surface area contributed by atoms with Crippen LogP contribution in [0.3, 0.4) is 0 Å². The molecule has 0 unspecified atom stereocenters. The molecule has 0 aliphatic rings. The van der Waals surface area contributed by atoms with Gasteiger partial charge in [0, 0.05) is 19.8 Å². The van der Waals surface area contributed by atoms with Gasteiger partial charge in [0.05, 0.1) is 12.2 Å². The number of hydrogen-bond acceptors (Lipinski definition) is 5. The summed E-state index contributed by atoms with van der Waals surface area (Å²) in [6, 6.07) is 9.05. The molecule has 0 radical (unpaired) electrons. The van der Waals surface area contributed by atoms with Crippen LogP contribution in [0, 0.1) is 0 Å². The molecular formula is C14H17N5O. The summed E-state index contributed by atoms with van der Waals surface area (Å²) in [6.45, 7) is 2.98. The smallest absolute Gasteiger partial charge is 0.274 e. The Kier molecular flexibility index (Phi) is 4.60. The van der Waals surface area contributed by atoms with Gasteiger partial charge in [0.25, 0.3) is 5.91 Å². The van der Waals surface area contributed by atoms with Crippen LogP contribution in [-0.4, -0.2) is 39.6 Å². The molecule has 2 rings (SSSR count). The lowest BCUT2D eigenvalue weighted by atomic mass is 10.3. The highest BCUT2D eigenvalue weighted by molar-refractivity contribution is 5.92. The van der Waals surface area contributed by atoms with Crippen LogP contribution in [0.25, 0.3) is 0 Å². The van der Waals surface area contributed by atoms with Crippen molar-refractivity contribution in [3.8, 4) is 0 Å². The van der Waals surface area contributed by atoms with Crippen molar-refractivity contribution in [3.05, 3.63) is 47.9 Å². The highest BCUT2D eigenvalue weighted by Crippen LogP contribution is 2.08. The zero-order valence-corrected chi connectivity index (χ0v) is 11.6. The minimum absolute atomic E-state index is 0.145. The Morgan fingerprint density at radius 1 is 1.25 bits per heavy atom. The van der Waals surface area contributed by atoms with E-state index in [1.54, 1.807) is 30.3 Å². The number of nitrogens with zero attached hydrogens (tertiary/aromatic N) is 4. The van der Waals surface area contributed by atoms with Crippen molar-refractivity contribution in [2.24, 2.45) is 0 Å². The van der Waals surface area contributed by atoms with Gasteiger partial charge in [-0.2, -0.15) is 0 Å². The van der Waals surface area contributed by atoms with E-state index in [0.717, 1.165) is 5.69 Å². The van der Waals surface area contributed by atoms with Gasteiger partial charge in [0.15, 0.2) is 5.69 Å². The van der Waals surface area contributed by atoms with Gasteiger partial charge in [0.1, 0.15) is 5.82 Å².